The first kappa shape index (κ1) is 15.8. The van der Waals surface area contributed by atoms with Crippen LogP contribution in [-0.2, 0) is 9.59 Å². The van der Waals surface area contributed by atoms with Crippen molar-refractivity contribution in [2.24, 2.45) is 0 Å². The van der Waals surface area contributed by atoms with Gasteiger partial charge in [0.15, 0.2) is 5.11 Å². The van der Waals surface area contributed by atoms with Gasteiger partial charge in [-0.25, -0.2) is 4.79 Å². The Bertz CT molecular complexity index is 690. The number of anilines is 1. The zero-order valence-corrected chi connectivity index (χ0v) is 13.7. The largest absolute Gasteiger partial charge is 0.477 e. The quantitative estimate of drug-likeness (QED) is 0.554. The SMILES string of the molecule is O=C(O)C1=C(CCNC(=S)Nc2ccccc2)S[C@@H]2CC(=O)N12. The maximum Gasteiger partial charge on any atom is 0.353 e. The lowest BCUT2D eigenvalue weighted by Crippen LogP contribution is -2.48. The zero-order chi connectivity index (χ0) is 16.4. The van der Waals surface area contributed by atoms with Crippen molar-refractivity contribution in [3.8, 4) is 0 Å². The third-order valence-electron chi connectivity index (χ3n) is 3.56. The molecule has 0 aliphatic carbocycles. The predicted octanol–water partition coefficient (Wildman–Crippen LogP) is 1.96. The highest BCUT2D eigenvalue weighted by Gasteiger charge is 2.47. The molecule has 1 amide bonds. The number of aliphatic carboxylic acids is 1. The van der Waals surface area contributed by atoms with Crippen molar-refractivity contribution in [2.45, 2.75) is 18.2 Å². The Labute approximate surface area is 142 Å². The number of thiocarbonyl (C=S) groups is 1. The average Bonchev–Trinajstić information content (AvgIpc) is 2.81. The summed E-state index contributed by atoms with van der Waals surface area (Å²) in [6, 6.07) is 9.55. The molecule has 3 rings (SSSR count). The minimum atomic E-state index is -1.05. The Hall–Kier alpha value is -2.06. The Morgan fingerprint density at radius 1 is 1.39 bits per heavy atom. The average molecular weight is 349 g/mol. The van der Waals surface area contributed by atoms with Gasteiger partial charge in [-0.15, -0.1) is 11.8 Å². The number of β-lactam (4-membered cyclic amide) rings is 1. The van der Waals surface area contributed by atoms with Crippen LogP contribution in [0.2, 0.25) is 0 Å². The van der Waals surface area contributed by atoms with E-state index in [0.29, 0.717) is 24.5 Å². The van der Waals surface area contributed by atoms with Crippen LogP contribution in [0.5, 0.6) is 0 Å². The number of carboxylic acids is 1. The smallest absolute Gasteiger partial charge is 0.353 e. The molecule has 0 spiro atoms. The molecule has 2 heterocycles. The van der Waals surface area contributed by atoms with Crippen LogP contribution < -0.4 is 10.6 Å². The molecule has 1 aromatic rings. The molecule has 6 nitrogen and oxygen atoms in total. The second-order valence-electron chi connectivity index (χ2n) is 5.11. The monoisotopic (exact) mass is 349 g/mol. The van der Waals surface area contributed by atoms with Gasteiger partial charge in [-0.1, -0.05) is 18.2 Å². The first-order valence-corrected chi connectivity index (χ1v) is 8.40. The maximum atomic E-state index is 11.5. The number of fused-ring (bicyclic) bond motifs is 1. The lowest BCUT2D eigenvalue weighted by atomic mass is 10.1. The van der Waals surface area contributed by atoms with Crippen LogP contribution in [0.4, 0.5) is 5.69 Å². The molecule has 8 heteroatoms. The Balaban J connectivity index is 1.54. The zero-order valence-electron chi connectivity index (χ0n) is 12.1. The van der Waals surface area contributed by atoms with E-state index in [1.807, 2.05) is 30.3 Å². The summed E-state index contributed by atoms with van der Waals surface area (Å²) in [5.41, 5.74) is 1.01. The number of thioether (sulfide) groups is 1. The van der Waals surface area contributed by atoms with Gasteiger partial charge in [0.1, 0.15) is 5.70 Å². The summed E-state index contributed by atoms with van der Waals surface area (Å²) < 4.78 is 0. The van der Waals surface area contributed by atoms with Crippen molar-refractivity contribution in [2.75, 3.05) is 11.9 Å². The minimum absolute atomic E-state index is 0.0435. The Kier molecular flexibility index (Phi) is 4.53. The molecular formula is C15H15N3O3S2. The van der Waals surface area contributed by atoms with E-state index in [0.717, 1.165) is 10.6 Å². The Morgan fingerprint density at radius 2 is 2.13 bits per heavy atom. The van der Waals surface area contributed by atoms with Gasteiger partial charge >= 0.3 is 5.97 Å². The van der Waals surface area contributed by atoms with E-state index in [9.17, 15) is 14.7 Å². The van der Waals surface area contributed by atoms with E-state index >= 15 is 0 Å². The Morgan fingerprint density at radius 3 is 2.78 bits per heavy atom. The van der Waals surface area contributed by atoms with Crippen LogP contribution in [0.3, 0.4) is 0 Å². The van der Waals surface area contributed by atoms with Crippen molar-refractivity contribution in [3.05, 3.63) is 40.9 Å². The van der Waals surface area contributed by atoms with E-state index < -0.39 is 5.97 Å². The minimum Gasteiger partial charge on any atom is -0.477 e. The molecule has 2 aliphatic rings. The summed E-state index contributed by atoms with van der Waals surface area (Å²) in [5, 5.41) is 15.9. The number of carbonyl (C=O) groups excluding carboxylic acids is 1. The summed E-state index contributed by atoms with van der Waals surface area (Å²) in [4.78, 5) is 25.0. The van der Waals surface area contributed by atoms with Gasteiger partial charge in [-0.2, -0.15) is 0 Å². The van der Waals surface area contributed by atoms with Gasteiger partial charge in [0.2, 0.25) is 5.91 Å². The molecule has 120 valence electrons. The molecule has 0 bridgehead atoms. The molecule has 1 aromatic carbocycles. The molecule has 1 atom stereocenters. The van der Waals surface area contributed by atoms with Gasteiger partial charge in [-0.3, -0.25) is 9.69 Å². The van der Waals surface area contributed by atoms with Gasteiger partial charge in [-0.05, 0) is 30.8 Å². The van der Waals surface area contributed by atoms with E-state index in [2.05, 4.69) is 10.6 Å². The summed E-state index contributed by atoms with van der Waals surface area (Å²) in [7, 11) is 0. The molecule has 23 heavy (non-hydrogen) atoms. The van der Waals surface area contributed by atoms with Crippen molar-refractivity contribution in [1.82, 2.24) is 10.2 Å². The summed E-state index contributed by atoms with van der Waals surface area (Å²) in [5.74, 6) is -1.17. The van der Waals surface area contributed by atoms with Crippen molar-refractivity contribution >= 4 is 46.7 Å². The number of hydrogen-bond acceptors (Lipinski definition) is 4. The normalized spacial score (nSPS) is 19.2. The first-order chi connectivity index (χ1) is 11.1. The van der Waals surface area contributed by atoms with E-state index in [1.54, 1.807) is 0 Å². The number of rotatable bonds is 5. The lowest BCUT2D eigenvalue weighted by Gasteiger charge is -2.33. The summed E-state index contributed by atoms with van der Waals surface area (Å²) in [6.45, 7) is 0.506. The number of nitrogens with one attached hydrogen (secondary N) is 2. The van der Waals surface area contributed by atoms with Gasteiger partial charge in [0.05, 0.1) is 11.8 Å². The highest BCUT2D eigenvalue weighted by molar-refractivity contribution is 8.04. The molecule has 0 aromatic heterocycles. The number of benzene rings is 1. The van der Waals surface area contributed by atoms with Crippen LogP contribution in [0.25, 0.3) is 0 Å². The summed E-state index contributed by atoms with van der Waals surface area (Å²) >= 11 is 6.67. The van der Waals surface area contributed by atoms with E-state index in [1.165, 1.54) is 16.7 Å². The number of nitrogens with zero attached hydrogens (tertiary/aromatic N) is 1. The third kappa shape index (κ3) is 3.32. The molecule has 2 aliphatic heterocycles. The fourth-order valence-electron chi connectivity index (χ4n) is 2.49. The van der Waals surface area contributed by atoms with Crippen LogP contribution in [0.15, 0.2) is 40.9 Å². The predicted molar refractivity (Wildman–Crippen MR) is 92.8 cm³/mol. The highest BCUT2D eigenvalue weighted by atomic mass is 32.2. The number of amides is 1. The second kappa shape index (κ2) is 6.59. The second-order valence-corrected chi connectivity index (χ2v) is 6.80. The standard InChI is InChI=1S/C15H15N3O3S2/c19-11-8-12-18(11)13(14(20)21)10(23-12)6-7-16-15(22)17-9-4-2-1-3-5-9/h1-5,12H,6-8H2,(H,20,21)(H2,16,17,22)/t12-/m1/s1. The fourth-order valence-corrected chi connectivity index (χ4v) is 4.11. The molecular weight excluding hydrogens is 334 g/mol. The van der Waals surface area contributed by atoms with Crippen molar-refractivity contribution < 1.29 is 14.7 Å². The van der Waals surface area contributed by atoms with Crippen molar-refractivity contribution in [3.63, 3.8) is 0 Å². The van der Waals surface area contributed by atoms with Crippen molar-refractivity contribution in [1.29, 1.82) is 0 Å². The molecule has 1 fully saturated rings. The lowest BCUT2D eigenvalue weighted by molar-refractivity contribution is -0.145. The topological polar surface area (TPSA) is 81.7 Å². The van der Waals surface area contributed by atoms with Gasteiger partial charge in [0.25, 0.3) is 0 Å². The first-order valence-electron chi connectivity index (χ1n) is 7.11. The molecule has 3 N–H and O–H groups in total. The van der Waals surface area contributed by atoms with E-state index in [-0.39, 0.29) is 17.0 Å². The van der Waals surface area contributed by atoms with Gasteiger partial charge in [0, 0.05) is 17.1 Å². The van der Waals surface area contributed by atoms with Crippen LogP contribution >= 0.6 is 24.0 Å². The van der Waals surface area contributed by atoms with Crippen LogP contribution in [-0.4, -0.2) is 38.9 Å². The fraction of sp³-hybridized carbons (Fsp3) is 0.267. The van der Waals surface area contributed by atoms with Crippen LogP contribution in [0, 0.1) is 0 Å². The van der Waals surface area contributed by atoms with E-state index in [4.69, 9.17) is 12.2 Å². The number of carbonyl (C=O) groups is 2. The molecule has 0 saturated carbocycles. The van der Waals surface area contributed by atoms with Gasteiger partial charge < -0.3 is 15.7 Å². The third-order valence-corrected chi connectivity index (χ3v) is 5.14. The van der Waals surface area contributed by atoms with Crippen LogP contribution in [0.1, 0.15) is 12.8 Å². The number of hydrogen-bond donors (Lipinski definition) is 3. The maximum absolute atomic E-state index is 11.5. The summed E-state index contributed by atoms with van der Waals surface area (Å²) in [6.07, 6.45) is 0.926. The number of carboxylic acid groups (broad SMARTS) is 1. The number of para-hydroxylation sites is 1. The highest BCUT2D eigenvalue weighted by Crippen LogP contribution is 2.47. The molecule has 0 unspecified atom stereocenters. The molecule has 1 saturated heterocycles. The molecule has 0 radical (unpaired) electrons.